The highest BCUT2D eigenvalue weighted by Crippen LogP contribution is 2.45. The van der Waals surface area contributed by atoms with E-state index < -0.39 is 0 Å². The first-order chi connectivity index (χ1) is 30.6. The standard InChI is InChI=1S/C58H60N6O/c1-55(2,3)39-29-40(56(4,5)6)31-42(30-39)64-61-48-34-47(59-35-49(48)62-64)38-23-18-22-37(28-38)44-25-19-27-51-52(44)60-54(45-32-41(57(7,8)9)33-46(53(45)65)58(10,11)12)63(51)50-26-17-16-24-43(50)36-20-14-13-15-21-36/h13-35,65H,1-12H3. The van der Waals surface area contributed by atoms with Crippen LogP contribution in [-0.2, 0) is 21.7 Å². The molecule has 6 aromatic carbocycles. The van der Waals surface area contributed by atoms with Gasteiger partial charge in [0.25, 0.3) is 0 Å². The molecule has 0 aliphatic carbocycles. The van der Waals surface area contributed by atoms with E-state index in [-0.39, 0.29) is 27.4 Å². The Labute approximate surface area is 383 Å². The van der Waals surface area contributed by atoms with Crippen LogP contribution in [0.4, 0.5) is 0 Å². The van der Waals surface area contributed by atoms with E-state index in [1.165, 1.54) is 11.1 Å². The molecule has 0 saturated heterocycles. The Morgan fingerprint density at radius 2 is 1.06 bits per heavy atom. The lowest BCUT2D eigenvalue weighted by Gasteiger charge is -2.27. The first-order valence-corrected chi connectivity index (χ1v) is 22.7. The van der Waals surface area contributed by atoms with E-state index >= 15 is 0 Å². The largest absolute Gasteiger partial charge is 0.507 e. The molecule has 0 radical (unpaired) electrons. The van der Waals surface area contributed by atoms with Crippen LogP contribution in [0.1, 0.15) is 105 Å². The number of phenolic OH excluding ortho intramolecular Hbond substituents is 1. The van der Waals surface area contributed by atoms with E-state index in [0.29, 0.717) is 11.4 Å². The fourth-order valence-corrected chi connectivity index (χ4v) is 8.63. The summed E-state index contributed by atoms with van der Waals surface area (Å²) < 4.78 is 2.24. The van der Waals surface area contributed by atoms with Gasteiger partial charge in [-0.3, -0.25) is 9.55 Å². The number of aromatic hydroxyl groups is 1. The molecule has 0 atom stereocenters. The number of aromatic nitrogens is 6. The number of benzene rings is 6. The normalized spacial score (nSPS) is 12.7. The van der Waals surface area contributed by atoms with Gasteiger partial charge in [0.2, 0.25) is 0 Å². The number of phenols is 1. The number of fused-ring (bicyclic) bond motifs is 2. The van der Waals surface area contributed by atoms with Crippen molar-refractivity contribution in [2.45, 2.75) is 105 Å². The van der Waals surface area contributed by atoms with E-state index in [1.54, 1.807) is 4.80 Å². The maximum atomic E-state index is 12.4. The van der Waals surface area contributed by atoms with Crippen molar-refractivity contribution in [3.63, 3.8) is 0 Å². The molecular formula is C58H60N6O. The lowest BCUT2D eigenvalue weighted by atomic mass is 9.79. The van der Waals surface area contributed by atoms with Crippen molar-refractivity contribution < 1.29 is 5.11 Å². The van der Waals surface area contributed by atoms with Crippen molar-refractivity contribution in [3.8, 4) is 62.0 Å². The van der Waals surface area contributed by atoms with Gasteiger partial charge in [-0.15, -0.1) is 10.2 Å². The molecule has 7 nitrogen and oxygen atoms in total. The number of para-hydroxylation sites is 2. The van der Waals surface area contributed by atoms with E-state index in [1.807, 2.05) is 18.3 Å². The molecule has 9 rings (SSSR count). The Kier molecular flexibility index (Phi) is 10.5. The zero-order valence-electron chi connectivity index (χ0n) is 39.9. The number of rotatable bonds is 6. The minimum atomic E-state index is -0.317. The van der Waals surface area contributed by atoms with Crippen molar-refractivity contribution in [2.75, 3.05) is 0 Å². The molecule has 3 heterocycles. The van der Waals surface area contributed by atoms with Gasteiger partial charge in [-0.05, 0) is 91.9 Å². The molecule has 1 N–H and O–H groups in total. The first kappa shape index (κ1) is 43.4. The molecule has 65 heavy (non-hydrogen) atoms. The second-order valence-corrected chi connectivity index (χ2v) is 21.6. The van der Waals surface area contributed by atoms with E-state index in [0.717, 1.165) is 78.1 Å². The van der Waals surface area contributed by atoms with E-state index in [9.17, 15) is 5.11 Å². The van der Waals surface area contributed by atoms with Gasteiger partial charge < -0.3 is 5.11 Å². The summed E-state index contributed by atoms with van der Waals surface area (Å²) >= 11 is 0. The fraction of sp³-hybridized carbons (Fsp3) is 0.276. The predicted octanol–water partition coefficient (Wildman–Crippen LogP) is 14.7. The molecule has 0 bridgehead atoms. The van der Waals surface area contributed by atoms with Gasteiger partial charge in [0.05, 0.1) is 39.9 Å². The SMILES string of the molecule is CC(C)(C)c1cc(-n2nc3cnc(-c4cccc(-c5cccc6c5nc(-c5cc(C(C)(C)C)cc(C(C)(C)C)c5O)n6-c5ccccc5-c5ccccc5)c4)cc3n2)cc(C(C)(C)C)c1. The molecule has 0 fully saturated rings. The summed E-state index contributed by atoms with van der Waals surface area (Å²) in [5, 5.41) is 22.3. The Balaban J connectivity index is 1.21. The van der Waals surface area contributed by atoms with Crippen LogP contribution in [0, 0.1) is 0 Å². The lowest BCUT2D eigenvalue weighted by molar-refractivity contribution is 0.446. The molecule has 3 aromatic heterocycles. The van der Waals surface area contributed by atoms with Crippen LogP contribution in [0.5, 0.6) is 5.75 Å². The molecular weight excluding hydrogens is 797 g/mol. The Hall–Kier alpha value is -6.86. The van der Waals surface area contributed by atoms with Crippen molar-refractivity contribution in [1.82, 2.24) is 29.5 Å². The number of hydrogen-bond donors (Lipinski definition) is 1. The Morgan fingerprint density at radius 3 is 1.74 bits per heavy atom. The van der Waals surface area contributed by atoms with Gasteiger partial charge >= 0.3 is 0 Å². The number of hydrogen-bond acceptors (Lipinski definition) is 5. The highest BCUT2D eigenvalue weighted by Gasteiger charge is 2.29. The van der Waals surface area contributed by atoms with Crippen LogP contribution in [-0.4, -0.2) is 34.6 Å². The summed E-state index contributed by atoms with van der Waals surface area (Å²) in [6, 6.07) is 46.8. The molecule has 328 valence electrons. The molecule has 0 unspecified atom stereocenters. The van der Waals surface area contributed by atoms with Crippen LogP contribution in [0.2, 0.25) is 0 Å². The van der Waals surface area contributed by atoms with Gasteiger partial charge in [0.15, 0.2) is 0 Å². The molecule has 0 saturated carbocycles. The predicted molar refractivity (Wildman–Crippen MR) is 269 cm³/mol. The van der Waals surface area contributed by atoms with Crippen LogP contribution in [0.15, 0.2) is 140 Å². The van der Waals surface area contributed by atoms with Gasteiger partial charge in [-0.25, -0.2) is 4.98 Å². The zero-order valence-corrected chi connectivity index (χ0v) is 39.9. The average Bonchev–Trinajstić information content (AvgIpc) is 3.87. The average molecular weight is 857 g/mol. The minimum absolute atomic E-state index is 0.0338. The first-order valence-electron chi connectivity index (χ1n) is 22.7. The summed E-state index contributed by atoms with van der Waals surface area (Å²) in [5.74, 6) is 0.927. The number of pyridine rings is 1. The van der Waals surface area contributed by atoms with Gasteiger partial charge in [0.1, 0.15) is 22.6 Å². The third-order valence-corrected chi connectivity index (χ3v) is 12.6. The van der Waals surface area contributed by atoms with Crippen molar-refractivity contribution >= 4 is 22.1 Å². The van der Waals surface area contributed by atoms with Crippen molar-refractivity contribution in [3.05, 3.63) is 162 Å². The third kappa shape index (κ3) is 8.25. The molecule has 0 spiro atoms. The van der Waals surface area contributed by atoms with Gasteiger partial charge in [-0.1, -0.05) is 174 Å². The van der Waals surface area contributed by atoms with Gasteiger partial charge in [-0.2, -0.15) is 4.80 Å². The molecule has 0 aliphatic rings. The topological polar surface area (TPSA) is 81.6 Å². The Bertz CT molecular complexity index is 3220. The lowest BCUT2D eigenvalue weighted by Crippen LogP contribution is -2.17. The second kappa shape index (κ2) is 15.7. The summed E-state index contributed by atoms with van der Waals surface area (Å²) in [6.45, 7) is 26.6. The van der Waals surface area contributed by atoms with Crippen LogP contribution in [0.3, 0.4) is 0 Å². The highest BCUT2D eigenvalue weighted by molar-refractivity contribution is 5.97. The molecule has 7 heteroatoms. The third-order valence-electron chi connectivity index (χ3n) is 12.6. The summed E-state index contributed by atoms with van der Waals surface area (Å²) in [6.07, 6.45) is 1.82. The molecule has 9 aromatic rings. The monoisotopic (exact) mass is 856 g/mol. The quantitative estimate of drug-likeness (QED) is 0.180. The zero-order chi connectivity index (χ0) is 46.2. The number of nitrogens with zero attached hydrogens (tertiary/aromatic N) is 6. The van der Waals surface area contributed by atoms with Crippen molar-refractivity contribution in [2.24, 2.45) is 0 Å². The molecule has 0 amide bonds. The maximum Gasteiger partial charge on any atom is 0.149 e. The fourth-order valence-electron chi connectivity index (χ4n) is 8.63. The van der Waals surface area contributed by atoms with E-state index in [4.69, 9.17) is 20.2 Å². The van der Waals surface area contributed by atoms with Crippen LogP contribution in [0.25, 0.3) is 78.3 Å². The number of imidazole rings is 1. The summed E-state index contributed by atoms with van der Waals surface area (Å²) in [5.41, 5.74) is 15.7. The minimum Gasteiger partial charge on any atom is -0.507 e. The summed E-state index contributed by atoms with van der Waals surface area (Å²) in [4.78, 5) is 12.2. The Morgan fingerprint density at radius 1 is 0.477 bits per heavy atom. The van der Waals surface area contributed by atoms with E-state index in [2.05, 4.69) is 209 Å². The van der Waals surface area contributed by atoms with Gasteiger partial charge in [0, 0.05) is 22.3 Å². The van der Waals surface area contributed by atoms with Crippen LogP contribution >= 0.6 is 0 Å². The van der Waals surface area contributed by atoms with Crippen LogP contribution < -0.4 is 0 Å². The second-order valence-electron chi connectivity index (χ2n) is 21.6. The molecule has 0 aliphatic heterocycles. The maximum absolute atomic E-state index is 12.4. The van der Waals surface area contributed by atoms with Crippen molar-refractivity contribution in [1.29, 1.82) is 0 Å². The summed E-state index contributed by atoms with van der Waals surface area (Å²) in [7, 11) is 0. The highest BCUT2D eigenvalue weighted by atomic mass is 16.3. The smallest absolute Gasteiger partial charge is 0.149 e.